The highest BCUT2D eigenvalue weighted by Crippen LogP contribution is 2.34. The molecular weight excluding hydrogens is 352 g/mol. The van der Waals surface area contributed by atoms with Crippen LogP contribution < -0.4 is 19.1 Å². The summed E-state index contributed by atoms with van der Waals surface area (Å²) >= 11 is 5.95. The summed E-state index contributed by atoms with van der Waals surface area (Å²) in [5.74, 6) is 1.06. The number of hydrogen-bond donors (Lipinski definition) is 1. The summed E-state index contributed by atoms with van der Waals surface area (Å²) < 4.78 is 38.6. The first kappa shape index (κ1) is 16.7. The lowest BCUT2D eigenvalue weighted by atomic mass is 10.2. The van der Waals surface area contributed by atoms with Crippen LogP contribution in [0.15, 0.2) is 41.3 Å². The lowest BCUT2D eigenvalue weighted by Gasteiger charge is -2.28. The molecular formula is C16H17ClN2O4S. The average Bonchev–Trinajstić information content (AvgIpc) is 2.55. The van der Waals surface area contributed by atoms with Crippen LogP contribution in [0.1, 0.15) is 0 Å². The zero-order valence-corrected chi connectivity index (χ0v) is 14.8. The summed E-state index contributed by atoms with van der Waals surface area (Å²) in [6.07, 6.45) is 0. The van der Waals surface area contributed by atoms with Crippen molar-refractivity contribution in [3.8, 4) is 11.5 Å². The second-order valence-corrected chi connectivity index (χ2v) is 7.47. The van der Waals surface area contributed by atoms with Crippen LogP contribution in [0.3, 0.4) is 0 Å². The van der Waals surface area contributed by atoms with E-state index < -0.39 is 10.0 Å². The van der Waals surface area contributed by atoms with Gasteiger partial charge in [-0.2, -0.15) is 0 Å². The highest BCUT2D eigenvalue weighted by molar-refractivity contribution is 7.92. The molecule has 1 aliphatic rings. The van der Waals surface area contributed by atoms with Crippen LogP contribution in [0.4, 0.5) is 11.4 Å². The second kappa shape index (κ2) is 6.41. The first-order chi connectivity index (χ1) is 11.4. The Hall–Kier alpha value is -2.12. The van der Waals surface area contributed by atoms with Gasteiger partial charge in [0, 0.05) is 12.1 Å². The van der Waals surface area contributed by atoms with Gasteiger partial charge in [0.15, 0.2) is 0 Å². The molecule has 128 valence electrons. The molecule has 0 aliphatic carbocycles. The van der Waals surface area contributed by atoms with E-state index in [0.717, 1.165) is 5.69 Å². The summed E-state index contributed by atoms with van der Waals surface area (Å²) in [5.41, 5.74) is 1.02. The van der Waals surface area contributed by atoms with Gasteiger partial charge < -0.3 is 14.4 Å². The minimum absolute atomic E-state index is 0.139. The van der Waals surface area contributed by atoms with Crippen LogP contribution in [-0.4, -0.2) is 35.7 Å². The number of sulfonamides is 1. The molecule has 0 saturated heterocycles. The number of anilines is 2. The van der Waals surface area contributed by atoms with Gasteiger partial charge in [-0.3, -0.25) is 4.72 Å². The molecule has 0 unspecified atom stereocenters. The number of halogens is 1. The third kappa shape index (κ3) is 3.22. The van der Waals surface area contributed by atoms with Crippen molar-refractivity contribution in [2.75, 3.05) is 36.9 Å². The van der Waals surface area contributed by atoms with Crippen LogP contribution in [0.25, 0.3) is 0 Å². The van der Waals surface area contributed by atoms with Gasteiger partial charge in [-0.1, -0.05) is 11.6 Å². The van der Waals surface area contributed by atoms with Gasteiger partial charge in [-0.25, -0.2) is 8.42 Å². The highest BCUT2D eigenvalue weighted by Gasteiger charge is 2.22. The smallest absolute Gasteiger partial charge is 0.262 e. The van der Waals surface area contributed by atoms with Gasteiger partial charge in [-0.15, -0.1) is 0 Å². The van der Waals surface area contributed by atoms with Gasteiger partial charge >= 0.3 is 0 Å². The van der Waals surface area contributed by atoms with Crippen molar-refractivity contribution < 1.29 is 17.9 Å². The van der Waals surface area contributed by atoms with Gasteiger partial charge in [0.2, 0.25) is 0 Å². The molecule has 1 N–H and O–H groups in total. The number of nitrogens with one attached hydrogen (secondary N) is 1. The van der Waals surface area contributed by atoms with Crippen molar-refractivity contribution in [2.45, 2.75) is 4.90 Å². The predicted octanol–water partition coefficient (Wildman–Crippen LogP) is 2.98. The Morgan fingerprint density at radius 1 is 1.25 bits per heavy atom. The summed E-state index contributed by atoms with van der Waals surface area (Å²) in [5, 5.41) is 0.409. The number of ether oxygens (including phenoxy) is 2. The molecule has 1 aliphatic heterocycles. The lowest BCUT2D eigenvalue weighted by molar-refractivity contribution is 0.311. The number of nitrogens with zero attached hydrogens (tertiary/aromatic N) is 1. The molecule has 2 aromatic carbocycles. The maximum Gasteiger partial charge on any atom is 0.262 e. The van der Waals surface area contributed by atoms with Crippen LogP contribution in [0.2, 0.25) is 5.02 Å². The lowest BCUT2D eigenvalue weighted by Crippen LogP contribution is -2.29. The number of methoxy groups -OCH3 is 1. The van der Waals surface area contributed by atoms with E-state index in [4.69, 9.17) is 21.1 Å². The molecule has 0 radical (unpaired) electrons. The molecule has 0 saturated carbocycles. The van der Waals surface area contributed by atoms with Crippen molar-refractivity contribution in [2.24, 2.45) is 0 Å². The molecule has 0 bridgehead atoms. The van der Waals surface area contributed by atoms with E-state index in [1.54, 1.807) is 24.3 Å². The van der Waals surface area contributed by atoms with Crippen molar-refractivity contribution in [3.63, 3.8) is 0 Å². The Bertz CT molecular complexity index is 870. The van der Waals surface area contributed by atoms with E-state index in [1.165, 1.54) is 19.2 Å². The SMILES string of the molecule is COc1ccc(Cl)cc1NS(=O)(=O)c1ccc2c(c1)N(C)CCO2. The fourth-order valence-electron chi connectivity index (χ4n) is 2.46. The topological polar surface area (TPSA) is 67.9 Å². The Balaban J connectivity index is 1.97. The normalized spacial score (nSPS) is 13.9. The number of fused-ring (bicyclic) bond motifs is 1. The van der Waals surface area contributed by atoms with E-state index in [-0.39, 0.29) is 10.6 Å². The zero-order valence-electron chi connectivity index (χ0n) is 13.2. The number of benzene rings is 2. The maximum absolute atomic E-state index is 12.7. The molecule has 0 amide bonds. The third-order valence-electron chi connectivity index (χ3n) is 3.74. The third-order valence-corrected chi connectivity index (χ3v) is 5.34. The molecule has 0 aromatic heterocycles. The monoisotopic (exact) mass is 368 g/mol. The fraction of sp³-hybridized carbons (Fsp3) is 0.250. The molecule has 0 spiro atoms. The van der Waals surface area contributed by atoms with Crippen molar-refractivity contribution in [1.29, 1.82) is 0 Å². The van der Waals surface area contributed by atoms with Crippen LogP contribution in [0.5, 0.6) is 11.5 Å². The zero-order chi connectivity index (χ0) is 17.3. The first-order valence-electron chi connectivity index (χ1n) is 7.25. The van der Waals surface area contributed by atoms with Crippen molar-refractivity contribution in [1.82, 2.24) is 0 Å². The van der Waals surface area contributed by atoms with Gasteiger partial charge in [0.25, 0.3) is 10.0 Å². The second-order valence-electron chi connectivity index (χ2n) is 5.35. The Labute approximate surface area is 146 Å². The Morgan fingerprint density at radius 3 is 2.79 bits per heavy atom. The molecule has 3 rings (SSSR count). The molecule has 24 heavy (non-hydrogen) atoms. The van der Waals surface area contributed by atoms with E-state index in [9.17, 15) is 8.42 Å². The quantitative estimate of drug-likeness (QED) is 0.898. The van der Waals surface area contributed by atoms with Crippen LogP contribution in [-0.2, 0) is 10.0 Å². The van der Waals surface area contributed by atoms with Crippen molar-refractivity contribution in [3.05, 3.63) is 41.4 Å². The summed E-state index contributed by atoms with van der Waals surface area (Å²) in [4.78, 5) is 2.10. The molecule has 8 heteroatoms. The number of rotatable bonds is 4. The Kier molecular flexibility index (Phi) is 4.47. The summed E-state index contributed by atoms with van der Waals surface area (Å²) in [6, 6.07) is 9.50. The summed E-state index contributed by atoms with van der Waals surface area (Å²) in [6.45, 7) is 1.28. The number of hydrogen-bond acceptors (Lipinski definition) is 5. The van der Waals surface area contributed by atoms with E-state index in [2.05, 4.69) is 4.72 Å². The highest BCUT2D eigenvalue weighted by atomic mass is 35.5. The van der Waals surface area contributed by atoms with Gasteiger partial charge in [0.1, 0.15) is 18.1 Å². The van der Waals surface area contributed by atoms with E-state index >= 15 is 0 Å². The Morgan fingerprint density at radius 2 is 2.04 bits per heavy atom. The number of likely N-dealkylation sites (N-methyl/N-ethyl adjacent to an activating group) is 1. The van der Waals surface area contributed by atoms with Gasteiger partial charge in [-0.05, 0) is 36.4 Å². The van der Waals surface area contributed by atoms with Crippen LogP contribution >= 0.6 is 11.6 Å². The minimum Gasteiger partial charge on any atom is -0.495 e. The van der Waals surface area contributed by atoms with Gasteiger partial charge in [0.05, 0.1) is 29.9 Å². The standard InChI is InChI=1S/C16H17ClN2O4S/c1-19-7-8-23-16-6-4-12(10-14(16)19)24(20,21)18-13-9-11(17)3-5-15(13)22-2/h3-6,9-10,18H,7-8H2,1-2H3. The largest absolute Gasteiger partial charge is 0.495 e. The van der Waals surface area contributed by atoms with E-state index in [0.29, 0.717) is 29.7 Å². The average molecular weight is 369 g/mol. The molecule has 6 nitrogen and oxygen atoms in total. The molecule has 1 heterocycles. The van der Waals surface area contributed by atoms with E-state index in [1.807, 2.05) is 11.9 Å². The van der Waals surface area contributed by atoms with Crippen molar-refractivity contribution >= 4 is 33.0 Å². The molecule has 0 fully saturated rings. The summed E-state index contributed by atoms with van der Waals surface area (Å²) in [7, 11) is -0.432. The molecule has 0 atom stereocenters. The predicted molar refractivity (Wildman–Crippen MR) is 94.0 cm³/mol. The minimum atomic E-state index is -3.79. The van der Waals surface area contributed by atoms with Crippen LogP contribution in [0, 0.1) is 0 Å². The molecule has 2 aromatic rings. The first-order valence-corrected chi connectivity index (χ1v) is 9.11. The fourth-order valence-corrected chi connectivity index (χ4v) is 3.71. The maximum atomic E-state index is 12.7.